The Morgan fingerprint density at radius 1 is 0.970 bits per heavy atom. The molecule has 2 unspecified atom stereocenters. The highest BCUT2D eigenvalue weighted by Gasteiger charge is 2.36. The second-order valence-electron chi connectivity index (χ2n) is 9.28. The third-order valence-electron chi connectivity index (χ3n) is 7.38. The van der Waals surface area contributed by atoms with Crippen molar-refractivity contribution in [2.75, 3.05) is 14.2 Å². The van der Waals surface area contributed by atoms with Crippen LogP contribution in [0.1, 0.15) is 49.1 Å². The average Bonchev–Trinajstić information content (AvgIpc) is 3.18. The van der Waals surface area contributed by atoms with Gasteiger partial charge in [-0.1, -0.05) is 42.5 Å². The van der Waals surface area contributed by atoms with Gasteiger partial charge in [0.2, 0.25) is 0 Å². The minimum absolute atomic E-state index is 0.115. The van der Waals surface area contributed by atoms with E-state index in [1.165, 1.54) is 18.4 Å². The first kappa shape index (κ1) is 21.8. The van der Waals surface area contributed by atoms with E-state index in [4.69, 9.17) is 9.47 Å². The molecule has 2 aliphatic heterocycles. The van der Waals surface area contributed by atoms with Crippen molar-refractivity contribution >= 4 is 16.7 Å². The van der Waals surface area contributed by atoms with Gasteiger partial charge in [-0.3, -0.25) is 4.79 Å². The Kier molecular flexibility index (Phi) is 5.98. The van der Waals surface area contributed by atoms with Crippen LogP contribution < -0.4 is 14.8 Å². The van der Waals surface area contributed by atoms with Gasteiger partial charge in [-0.05, 0) is 71.6 Å². The largest absolute Gasteiger partial charge is 0.496 e. The molecule has 5 heteroatoms. The molecule has 0 amide bonds. The van der Waals surface area contributed by atoms with Gasteiger partial charge in [0, 0.05) is 18.5 Å². The van der Waals surface area contributed by atoms with Gasteiger partial charge in [0.25, 0.3) is 0 Å². The van der Waals surface area contributed by atoms with E-state index in [0.29, 0.717) is 24.4 Å². The molecule has 2 fully saturated rings. The van der Waals surface area contributed by atoms with Gasteiger partial charge in [-0.25, -0.2) is 0 Å². The molecule has 172 valence electrons. The van der Waals surface area contributed by atoms with Crippen LogP contribution in [0, 0.1) is 0 Å². The number of nitrogens with one attached hydrogen (secondary N) is 1. The molecule has 2 heterocycles. The van der Waals surface area contributed by atoms with E-state index in [-0.39, 0.29) is 6.42 Å². The molecule has 33 heavy (non-hydrogen) atoms. The normalized spacial score (nSPS) is 21.8. The molecule has 2 atom stereocenters. The van der Waals surface area contributed by atoms with Crippen LogP contribution in [0.2, 0.25) is 0 Å². The number of hydrogen-bond acceptors (Lipinski definition) is 4. The summed E-state index contributed by atoms with van der Waals surface area (Å²) in [5, 5.41) is 15.1. The zero-order valence-electron chi connectivity index (χ0n) is 19.3. The van der Waals surface area contributed by atoms with Gasteiger partial charge in [-0.15, -0.1) is 0 Å². The van der Waals surface area contributed by atoms with Crippen LogP contribution in [0.5, 0.6) is 11.5 Å². The van der Waals surface area contributed by atoms with Crippen LogP contribution in [0.3, 0.4) is 0 Å². The Labute approximate surface area is 194 Å². The predicted molar refractivity (Wildman–Crippen MR) is 130 cm³/mol. The number of rotatable bonds is 7. The third kappa shape index (κ3) is 4.06. The summed E-state index contributed by atoms with van der Waals surface area (Å²) in [6.07, 6.45) is 5.40. The number of methoxy groups -OCH3 is 2. The number of piperidine rings is 1. The highest BCUT2D eigenvalue weighted by Crippen LogP contribution is 2.49. The van der Waals surface area contributed by atoms with Crippen molar-refractivity contribution in [3.05, 3.63) is 59.7 Å². The molecule has 0 aliphatic carbocycles. The van der Waals surface area contributed by atoms with Crippen molar-refractivity contribution in [1.82, 2.24) is 5.32 Å². The molecule has 0 radical (unpaired) electrons. The quantitative estimate of drug-likeness (QED) is 0.500. The maximum Gasteiger partial charge on any atom is 0.303 e. The van der Waals surface area contributed by atoms with E-state index in [1.807, 2.05) is 18.2 Å². The zero-order chi connectivity index (χ0) is 22.9. The van der Waals surface area contributed by atoms with E-state index in [0.717, 1.165) is 51.8 Å². The van der Waals surface area contributed by atoms with Crippen LogP contribution in [0.4, 0.5) is 0 Å². The Morgan fingerprint density at radius 2 is 1.70 bits per heavy atom. The Bertz CT molecular complexity index is 1180. The predicted octanol–water partition coefficient (Wildman–Crippen LogP) is 5.54. The van der Waals surface area contributed by atoms with Crippen LogP contribution in [-0.4, -0.2) is 37.4 Å². The summed E-state index contributed by atoms with van der Waals surface area (Å²) < 4.78 is 11.9. The van der Waals surface area contributed by atoms with Crippen LogP contribution in [-0.2, 0) is 11.2 Å². The lowest BCUT2D eigenvalue weighted by Gasteiger charge is -2.31. The highest BCUT2D eigenvalue weighted by molar-refractivity contribution is 6.01. The molecule has 0 spiro atoms. The number of ether oxygens (including phenoxy) is 2. The fraction of sp³-hybridized carbons (Fsp3) is 0.393. The summed E-state index contributed by atoms with van der Waals surface area (Å²) in [5.41, 5.74) is 4.33. The van der Waals surface area contributed by atoms with Gasteiger partial charge >= 0.3 is 5.97 Å². The number of carbonyl (C=O) groups is 1. The van der Waals surface area contributed by atoms with Crippen molar-refractivity contribution < 1.29 is 19.4 Å². The maximum atomic E-state index is 11.2. The molecule has 2 saturated heterocycles. The third-order valence-corrected chi connectivity index (χ3v) is 7.38. The molecular formula is C28H31NO4. The first-order valence-electron chi connectivity index (χ1n) is 11.8. The molecule has 2 N–H and O–H groups in total. The summed E-state index contributed by atoms with van der Waals surface area (Å²) in [7, 11) is 3.45. The molecule has 3 aromatic carbocycles. The van der Waals surface area contributed by atoms with Gasteiger partial charge in [0.1, 0.15) is 11.5 Å². The lowest BCUT2D eigenvalue weighted by Crippen LogP contribution is -2.37. The zero-order valence-corrected chi connectivity index (χ0v) is 19.3. The van der Waals surface area contributed by atoms with Crippen LogP contribution in [0.25, 0.3) is 21.9 Å². The number of carboxylic acids is 1. The maximum absolute atomic E-state index is 11.2. The Morgan fingerprint density at radius 3 is 2.39 bits per heavy atom. The number of fused-ring (bicyclic) bond motifs is 3. The Hall–Kier alpha value is -3.05. The molecule has 0 aromatic heterocycles. The summed E-state index contributed by atoms with van der Waals surface area (Å²) in [4.78, 5) is 11.2. The molecule has 2 bridgehead atoms. The smallest absolute Gasteiger partial charge is 0.303 e. The lowest BCUT2D eigenvalue weighted by molar-refractivity contribution is -0.136. The number of aliphatic carboxylic acids is 1. The summed E-state index contributed by atoms with van der Waals surface area (Å²) in [6, 6.07) is 17.8. The van der Waals surface area contributed by atoms with Gasteiger partial charge < -0.3 is 19.9 Å². The number of carboxylic acid groups (broad SMARTS) is 1. The fourth-order valence-electron chi connectivity index (χ4n) is 5.91. The number of aryl methyl sites for hydroxylation is 1. The highest BCUT2D eigenvalue weighted by atomic mass is 16.5. The fourth-order valence-corrected chi connectivity index (χ4v) is 5.91. The van der Waals surface area contributed by atoms with E-state index in [2.05, 4.69) is 35.6 Å². The summed E-state index contributed by atoms with van der Waals surface area (Å²) in [5.74, 6) is 1.36. The van der Waals surface area contributed by atoms with E-state index in [9.17, 15) is 9.90 Å². The monoisotopic (exact) mass is 445 g/mol. The molecule has 3 aromatic rings. The topological polar surface area (TPSA) is 67.8 Å². The number of hydrogen-bond donors (Lipinski definition) is 2. The second-order valence-corrected chi connectivity index (χ2v) is 9.28. The standard InChI is InChI=1S/C28H31NO4/c1-32-25-13-12-22(18-15-19-10-11-20(16-18)29-19)28(33-2)27(25)24-8-4-6-21-17(9-14-26(30)31)5-3-7-23(21)24/h3-8,12-13,18-20,29H,9-11,14-16H2,1-2H3,(H,30,31). The lowest BCUT2D eigenvalue weighted by atomic mass is 9.83. The van der Waals surface area contributed by atoms with Crippen molar-refractivity contribution in [2.24, 2.45) is 0 Å². The minimum Gasteiger partial charge on any atom is -0.496 e. The summed E-state index contributed by atoms with van der Waals surface area (Å²) >= 11 is 0. The van der Waals surface area contributed by atoms with Crippen molar-refractivity contribution in [3.8, 4) is 22.6 Å². The molecule has 2 aliphatic rings. The van der Waals surface area contributed by atoms with E-state index in [1.54, 1.807) is 14.2 Å². The van der Waals surface area contributed by atoms with E-state index >= 15 is 0 Å². The SMILES string of the molecule is COc1ccc(C2CC3CCC(C2)N3)c(OC)c1-c1cccc2c(CCC(=O)O)cccc12. The van der Waals surface area contributed by atoms with Crippen molar-refractivity contribution in [2.45, 2.75) is 56.5 Å². The minimum atomic E-state index is -0.782. The molecule has 0 saturated carbocycles. The molecule has 5 nitrogen and oxygen atoms in total. The van der Waals surface area contributed by atoms with Gasteiger partial charge in [-0.2, -0.15) is 0 Å². The van der Waals surface area contributed by atoms with Crippen LogP contribution >= 0.6 is 0 Å². The van der Waals surface area contributed by atoms with Crippen LogP contribution in [0.15, 0.2) is 48.5 Å². The van der Waals surface area contributed by atoms with Gasteiger partial charge in [0.15, 0.2) is 0 Å². The average molecular weight is 446 g/mol. The first-order valence-corrected chi connectivity index (χ1v) is 11.8. The second kappa shape index (κ2) is 9.06. The number of benzene rings is 3. The van der Waals surface area contributed by atoms with Gasteiger partial charge in [0.05, 0.1) is 19.8 Å². The summed E-state index contributed by atoms with van der Waals surface area (Å²) in [6.45, 7) is 0. The first-order chi connectivity index (χ1) is 16.1. The van der Waals surface area contributed by atoms with E-state index < -0.39 is 5.97 Å². The Balaban J connectivity index is 1.65. The molecule has 5 rings (SSSR count). The molecular weight excluding hydrogens is 414 g/mol. The van der Waals surface area contributed by atoms with Crippen molar-refractivity contribution in [1.29, 1.82) is 0 Å². The van der Waals surface area contributed by atoms with Crippen molar-refractivity contribution in [3.63, 3.8) is 0 Å².